The van der Waals surface area contributed by atoms with Crippen LogP contribution in [0.1, 0.15) is 42.3 Å². The average Bonchev–Trinajstić information content (AvgIpc) is 2.59. The van der Waals surface area contributed by atoms with E-state index >= 15 is 0 Å². The molecule has 0 radical (unpaired) electrons. The number of rotatable bonds is 3. The predicted molar refractivity (Wildman–Crippen MR) is 73.4 cm³/mol. The minimum atomic E-state index is -1.13. The third-order valence-corrected chi connectivity index (χ3v) is 4.30. The normalized spacial score (nSPS) is 32.6. The van der Waals surface area contributed by atoms with Crippen LogP contribution in [0.2, 0.25) is 0 Å². The van der Waals surface area contributed by atoms with Crippen LogP contribution in [0.25, 0.3) is 0 Å². The smallest absolute Gasteiger partial charge is 0.0431 e. The largest absolute Gasteiger partial charge is 0.315 e. The molecule has 2 heterocycles. The molecule has 0 aliphatic carbocycles. The van der Waals surface area contributed by atoms with Crippen LogP contribution in [-0.4, -0.2) is 61.1 Å². The fourth-order valence-electron chi connectivity index (χ4n) is 2.90. The van der Waals surface area contributed by atoms with Gasteiger partial charge in [-0.15, -0.1) is 0 Å². The van der Waals surface area contributed by atoms with Crippen molar-refractivity contribution in [3.63, 3.8) is 0 Å². The van der Waals surface area contributed by atoms with E-state index < -0.39 is 6.50 Å². The molecular formula is C14H29N3. The van der Waals surface area contributed by atoms with Gasteiger partial charge in [-0.25, -0.2) is 0 Å². The molecule has 17 heavy (non-hydrogen) atoms. The Bertz CT molecular complexity index is 278. The lowest BCUT2D eigenvalue weighted by molar-refractivity contribution is 0.0904. The summed E-state index contributed by atoms with van der Waals surface area (Å²) in [5.41, 5.74) is 0. The van der Waals surface area contributed by atoms with Gasteiger partial charge >= 0.3 is 0 Å². The summed E-state index contributed by atoms with van der Waals surface area (Å²) in [6.45, 7) is 8.23. The zero-order chi connectivity index (χ0) is 13.9. The first kappa shape index (κ1) is 10.8. The van der Waals surface area contributed by atoms with Crippen molar-refractivity contribution in [2.24, 2.45) is 0 Å². The Morgan fingerprint density at radius 1 is 1.29 bits per heavy atom. The Kier molecular flexibility index (Phi) is 4.26. The van der Waals surface area contributed by atoms with E-state index in [2.05, 4.69) is 29.0 Å². The molecule has 0 bridgehead atoms. The first-order valence-electron chi connectivity index (χ1n) is 8.26. The third-order valence-electron chi connectivity index (χ3n) is 4.30. The summed E-state index contributed by atoms with van der Waals surface area (Å²) >= 11 is 0. The van der Waals surface area contributed by atoms with Crippen LogP contribution in [0.15, 0.2) is 0 Å². The van der Waals surface area contributed by atoms with E-state index in [1.807, 2.05) is 0 Å². The van der Waals surface area contributed by atoms with Crippen molar-refractivity contribution in [2.45, 2.75) is 51.6 Å². The molecule has 0 aromatic carbocycles. The van der Waals surface area contributed by atoms with E-state index in [1.54, 1.807) is 0 Å². The first-order valence-corrected chi connectivity index (χ1v) is 7.26. The highest BCUT2D eigenvalue weighted by atomic mass is 15.2. The maximum absolute atomic E-state index is 8.27. The molecule has 2 rings (SSSR count). The van der Waals surface area contributed by atoms with Gasteiger partial charge < -0.3 is 10.2 Å². The molecule has 0 amide bonds. The molecule has 2 aliphatic rings. The van der Waals surface area contributed by atoms with Crippen LogP contribution in [0.3, 0.4) is 0 Å². The SMILES string of the molecule is [2H]C1([2H])CCNCCN1C1CCN([C@@H](C)CC)CC1. The van der Waals surface area contributed by atoms with E-state index in [4.69, 9.17) is 2.74 Å². The zero-order valence-corrected chi connectivity index (χ0v) is 11.4. The minimum absolute atomic E-state index is 0.426. The lowest BCUT2D eigenvalue weighted by Gasteiger charge is -2.40. The number of hydrogen-bond donors (Lipinski definition) is 1. The standard InChI is InChI=1S/C14H29N3/c1-3-13(2)16-10-5-14(6-11-16)17-9-4-7-15-8-12-17/h13-15H,3-12H2,1-2H3/t13-/m0/s1/i9D2. The summed E-state index contributed by atoms with van der Waals surface area (Å²) in [6.07, 6.45) is 4.05. The van der Waals surface area contributed by atoms with Gasteiger partial charge in [0.1, 0.15) is 0 Å². The average molecular weight is 241 g/mol. The molecule has 2 saturated heterocycles. The van der Waals surface area contributed by atoms with Crippen molar-refractivity contribution in [3.05, 3.63) is 0 Å². The molecule has 1 atom stereocenters. The van der Waals surface area contributed by atoms with E-state index in [1.165, 1.54) is 6.42 Å². The number of piperidine rings is 1. The molecule has 2 fully saturated rings. The third kappa shape index (κ3) is 3.67. The second kappa shape index (κ2) is 6.72. The van der Waals surface area contributed by atoms with Crippen LogP contribution < -0.4 is 5.32 Å². The van der Waals surface area contributed by atoms with Gasteiger partial charge in [-0.2, -0.15) is 0 Å². The van der Waals surface area contributed by atoms with Crippen molar-refractivity contribution in [3.8, 4) is 0 Å². The van der Waals surface area contributed by atoms with Crippen molar-refractivity contribution >= 4 is 0 Å². The summed E-state index contributed by atoms with van der Waals surface area (Å²) in [5.74, 6) is 0. The number of nitrogens with one attached hydrogen (secondary N) is 1. The lowest BCUT2D eigenvalue weighted by Crippen LogP contribution is -2.48. The molecule has 1 N–H and O–H groups in total. The van der Waals surface area contributed by atoms with E-state index in [0.29, 0.717) is 18.5 Å². The first-order chi connectivity index (χ1) is 9.04. The highest BCUT2D eigenvalue weighted by Gasteiger charge is 2.26. The van der Waals surface area contributed by atoms with E-state index in [9.17, 15) is 0 Å². The summed E-state index contributed by atoms with van der Waals surface area (Å²) < 4.78 is 16.5. The van der Waals surface area contributed by atoms with Crippen molar-refractivity contribution in [1.82, 2.24) is 15.1 Å². The lowest BCUT2D eigenvalue weighted by atomic mass is 10.0. The molecule has 3 nitrogen and oxygen atoms in total. The summed E-state index contributed by atoms with van der Waals surface area (Å²) in [4.78, 5) is 4.68. The fraction of sp³-hybridized carbons (Fsp3) is 1.00. The van der Waals surface area contributed by atoms with Gasteiger partial charge in [0, 0.05) is 27.9 Å². The predicted octanol–water partition coefficient (Wildman–Crippen LogP) is 1.54. The molecule has 0 spiro atoms. The molecule has 100 valence electrons. The van der Waals surface area contributed by atoms with E-state index in [0.717, 1.165) is 45.6 Å². The van der Waals surface area contributed by atoms with Crippen molar-refractivity contribution in [1.29, 1.82) is 0 Å². The Balaban J connectivity index is 1.92. The van der Waals surface area contributed by atoms with Crippen LogP contribution in [0, 0.1) is 0 Å². The maximum Gasteiger partial charge on any atom is 0.0431 e. The Labute approximate surface area is 109 Å². The molecule has 0 aromatic heterocycles. The minimum Gasteiger partial charge on any atom is -0.315 e. The quantitative estimate of drug-likeness (QED) is 0.809. The number of likely N-dealkylation sites (tertiary alicyclic amines) is 1. The summed E-state index contributed by atoms with van der Waals surface area (Å²) in [6, 6.07) is 1.10. The molecule has 2 aliphatic heterocycles. The van der Waals surface area contributed by atoms with Crippen molar-refractivity contribution in [2.75, 3.05) is 39.2 Å². The topological polar surface area (TPSA) is 18.5 Å². The molecule has 3 heteroatoms. The number of hydrogen-bond acceptors (Lipinski definition) is 3. The molecular weight excluding hydrogens is 210 g/mol. The second-order valence-corrected chi connectivity index (χ2v) is 5.38. The van der Waals surface area contributed by atoms with Gasteiger partial charge in [-0.05, 0) is 58.7 Å². The van der Waals surface area contributed by atoms with Gasteiger partial charge in [0.2, 0.25) is 0 Å². The second-order valence-electron chi connectivity index (χ2n) is 5.38. The Morgan fingerprint density at radius 2 is 2.06 bits per heavy atom. The van der Waals surface area contributed by atoms with Gasteiger partial charge in [0.15, 0.2) is 0 Å². The highest BCUT2D eigenvalue weighted by molar-refractivity contribution is 4.83. The van der Waals surface area contributed by atoms with Gasteiger partial charge in [-0.3, -0.25) is 4.90 Å². The zero-order valence-electron chi connectivity index (χ0n) is 13.4. The van der Waals surface area contributed by atoms with Crippen LogP contribution in [0.4, 0.5) is 0 Å². The summed E-state index contributed by atoms with van der Waals surface area (Å²) in [5, 5.41) is 3.32. The van der Waals surface area contributed by atoms with E-state index in [-0.39, 0.29) is 0 Å². The molecule has 0 aromatic rings. The van der Waals surface area contributed by atoms with Crippen LogP contribution in [0.5, 0.6) is 0 Å². The summed E-state index contributed by atoms with van der Waals surface area (Å²) in [7, 11) is 0. The number of nitrogens with zero attached hydrogens (tertiary/aromatic N) is 2. The monoisotopic (exact) mass is 241 g/mol. The fourth-order valence-corrected chi connectivity index (χ4v) is 2.90. The van der Waals surface area contributed by atoms with Gasteiger partial charge in [0.05, 0.1) is 0 Å². The Morgan fingerprint density at radius 3 is 2.76 bits per heavy atom. The highest BCUT2D eigenvalue weighted by Crippen LogP contribution is 2.19. The molecule has 0 unspecified atom stereocenters. The molecule has 0 saturated carbocycles. The van der Waals surface area contributed by atoms with Crippen molar-refractivity contribution < 1.29 is 2.74 Å². The Hall–Kier alpha value is -0.120. The van der Waals surface area contributed by atoms with Gasteiger partial charge in [-0.1, -0.05) is 6.92 Å². The van der Waals surface area contributed by atoms with Crippen LogP contribution >= 0.6 is 0 Å². The van der Waals surface area contributed by atoms with Crippen LogP contribution in [-0.2, 0) is 0 Å². The maximum atomic E-state index is 8.27. The van der Waals surface area contributed by atoms with Gasteiger partial charge in [0.25, 0.3) is 0 Å².